The first-order chi connectivity index (χ1) is 9.03. The Balaban J connectivity index is 2.15. The molecule has 4 heteroatoms. The Morgan fingerprint density at radius 3 is 2.58 bits per heavy atom. The molecular formula is C15H28N4. The summed E-state index contributed by atoms with van der Waals surface area (Å²) in [5.74, 6) is 0. The third kappa shape index (κ3) is 2.84. The van der Waals surface area contributed by atoms with E-state index in [1.807, 2.05) is 0 Å². The van der Waals surface area contributed by atoms with Gasteiger partial charge in [-0.1, -0.05) is 20.8 Å². The van der Waals surface area contributed by atoms with Crippen LogP contribution in [-0.2, 0) is 26.4 Å². The lowest BCUT2D eigenvalue weighted by molar-refractivity contribution is 0.273. The second kappa shape index (κ2) is 5.63. The number of nitrogens with two attached hydrogens (primary N) is 1. The zero-order valence-corrected chi connectivity index (χ0v) is 12.9. The van der Waals surface area contributed by atoms with Crippen LogP contribution in [0.1, 0.15) is 44.1 Å². The number of aryl methyl sites for hydroxylation is 2. The first kappa shape index (κ1) is 14.5. The van der Waals surface area contributed by atoms with Crippen molar-refractivity contribution in [3.05, 3.63) is 17.0 Å². The van der Waals surface area contributed by atoms with Crippen molar-refractivity contribution in [1.82, 2.24) is 14.7 Å². The van der Waals surface area contributed by atoms with Gasteiger partial charge in [0, 0.05) is 31.4 Å². The SMILES string of the molecule is CCc1nn(C)c(CC)c1CN1CCC(C)(CN)C1. The van der Waals surface area contributed by atoms with Crippen LogP contribution >= 0.6 is 0 Å². The van der Waals surface area contributed by atoms with Crippen molar-refractivity contribution in [2.24, 2.45) is 18.2 Å². The van der Waals surface area contributed by atoms with Crippen molar-refractivity contribution in [3.8, 4) is 0 Å². The molecule has 1 atom stereocenters. The maximum Gasteiger partial charge on any atom is 0.0669 e. The molecule has 1 aliphatic rings. The summed E-state index contributed by atoms with van der Waals surface area (Å²) in [7, 11) is 2.06. The monoisotopic (exact) mass is 264 g/mol. The van der Waals surface area contributed by atoms with Crippen LogP contribution < -0.4 is 5.73 Å². The molecule has 2 N–H and O–H groups in total. The maximum atomic E-state index is 5.90. The van der Waals surface area contributed by atoms with Crippen LogP contribution in [0.15, 0.2) is 0 Å². The summed E-state index contributed by atoms with van der Waals surface area (Å²) in [6, 6.07) is 0. The Morgan fingerprint density at radius 1 is 1.32 bits per heavy atom. The van der Waals surface area contributed by atoms with E-state index in [0.29, 0.717) is 5.41 Å². The Hall–Kier alpha value is -0.870. The highest BCUT2D eigenvalue weighted by atomic mass is 15.3. The molecule has 19 heavy (non-hydrogen) atoms. The fourth-order valence-corrected chi connectivity index (χ4v) is 3.22. The molecule has 1 aromatic heterocycles. The minimum atomic E-state index is 0.307. The second-order valence-electron chi connectivity index (χ2n) is 6.18. The average molecular weight is 264 g/mol. The lowest BCUT2D eigenvalue weighted by Crippen LogP contribution is -2.31. The highest BCUT2D eigenvalue weighted by Crippen LogP contribution is 2.30. The molecule has 108 valence electrons. The highest BCUT2D eigenvalue weighted by Gasteiger charge is 2.33. The third-order valence-corrected chi connectivity index (χ3v) is 4.54. The number of likely N-dealkylation sites (tertiary alicyclic amines) is 1. The number of aromatic nitrogens is 2. The van der Waals surface area contributed by atoms with Gasteiger partial charge in [-0.05, 0) is 37.8 Å². The van der Waals surface area contributed by atoms with Crippen molar-refractivity contribution in [1.29, 1.82) is 0 Å². The fraction of sp³-hybridized carbons (Fsp3) is 0.800. The predicted molar refractivity (Wildman–Crippen MR) is 79.0 cm³/mol. The minimum Gasteiger partial charge on any atom is -0.330 e. The van der Waals surface area contributed by atoms with Gasteiger partial charge in [0.05, 0.1) is 5.69 Å². The van der Waals surface area contributed by atoms with Crippen molar-refractivity contribution >= 4 is 0 Å². The molecule has 1 aliphatic heterocycles. The van der Waals surface area contributed by atoms with Gasteiger partial charge >= 0.3 is 0 Å². The van der Waals surface area contributed by atoms with E-state index in [1.54, 1.807) is 0 Å². The van der Waals surface area contributed by atoms with Crippen LogP contribution in [0.25, 0.3) is 0 Å². The molecule has 0 aromatic carbocycles. The molecular weight excluding hydrogens is 236 g/mol. The van der Waals surface area contributed by atoms with Crippen LogP contribution in [0.4, 0.5) is 0 Å². The maximum absolute atomic E-state index is 5.90. The van der Waals surface area contributed by atoms with E-state index in [1.165, 1.54) is 23.4 Å². The van der Waals surface area contributed by atoms with E-state index < -0.39 is 0 Å². The van der Waals surface area contributed by atoms with E-state index >= 15 is 0 Å². The molecule has 1 aromatic rings. The Labute approximate surface area is 117 Å². The topological polar surface area (TPSA) is 47.1 Å². The van der Waals surface area contributed by atoms with Gasteiger partial charge in [-0.15, -0.1) is 0 Å². The van der Waals surface area contributed by atoms with Gasteiger partial charge in [0.2, 0.25) is 0 Å². The van der Waals surface area contributed by atoms with Crippen molar-refractivity contribution in [2.75, 3.05) is 19.6 Å². The molecule has 0 spiro atoms. The molecule has 0 aliphatic carbocycles. The van der Waals surface area contributed by atoms with Gasteiger partial charge in [-0.25, -0.2) is 0 Å². The molecule has 0 amide bonds. The van der Waals surface area contributed by atoms with Gasteiger partial charge < -0.3 is 5.73 Å². The zero-order valence-electron chi connectivity index (χ0n) is 12.9. The molecule has 1 fully saturated rings. The van der Waals surface area contributed by atoms with Crippen LogP contribution in [0.3, 0.4) is 0 Å². The predicted octanol–water partition coefficient (Wildman–Crippen LogP) is 1.72. The molecule has 0 radical (unpaired) electrons. The Bertz CT molecular complexity index is 438. The van der Waals surface area contributed by atoms with E-state index in [-0.39, 0.29) is 0 Å². The van der Waals surface area contributed by atoms with Crippen LogP contribution in [0.2, 0.25) is 0 Å². The normalized spacial score (nSPS) is 24.3. The third-order valence-electron chi connectivity index (χ3n) is 4.54. The first-order valence-corrected chi connectivity index (χ1v) is 7.49. The number of hydrogen-bond acceptors (Lipinski definition) is 3. The van der Waals surface area contributed by atoms with Gasteiger partial charge in [-0.3, -0.25) is 9.58 Å². The Kier molecular flexibility index (Phi) is 4.31. The molecule has 1 saturated heterocycles. The molecule has 0 saturated carbocycles. The summed E-state index contributed by atoms with van der Waals surface area (Å²) >= 11 is 0. The molecule has 1 unspecified atom stereocenters. The average Bonchev–Trinajstić information content (AvgIpc) is 2.91. The number of nitrogens with zero attached hydrogens (tertiary/aromatic N) is 3. The highest BCUT2D eigenvalue weighted by molar-refractivity contribution is 5.26. The van der Waals surface area contributed by atoms with Crippen LogP contribution in [0, 0.1) is 5.41 Å². The van der Waals surface area contributed by atoms with Crippen molar-refractivity contribution in [2.45, 2.75) is 46.6 Å². The van der Waals surface area contributed by atoms with Gasteiger partial charge in [0.1, 0.15) is 0 Å². The van der Waals surface area contributed by atoms with Gasteiger partial charge in [-0.2, -0.15) is 5.10 Å². The van der Waals surface area contributed by atoms with Gasteiger partial charge in [0.15, 0.2) is 0 Å². The van der Waals surface area contributed by atoms with Crippen LogP contribution in [0.5, 0.6) is 0 Å². The molecule has 4 nitrogen and oxygen atoms in total. The molecule has 2 rings (SSSR count). The standard InChI is InChI=1S/C15H28N4/c1-5-13-12(14(6-2)18(4)17-13)9-19-8-7-15(3,10-16)11-19/h5-11,16H2,1-4H3. The first-order valence-electron chi connectivity index (χ1n) is 7.49. The fourth-order valence-electron chi connectivity index (χ4n) is 3.22. The van der Waals surface area contributed by atoms with E-state index in [2.05, 4.69) is 42.5 Å². The summed E-state index contributed by atoms with van der Waals surface area (Å²) in [4.78, 5) is 2.54. The number of rotatable bonds is 5. The van der Waals surface area contributed by atoms with E-state index in [9.17, 15) is 0 Å². The molecule has 2 heterocycles. The van der Waals surface area contributed by atoms with Crippen molar-refractivity contribution < 1.29 is 0 Å². The zero-order chi connectivity index (χ0) is 14.0. The quantitative estimate of drug-likeness (QED) is 0.881. The summed E-state index contributed by atoms with van der Waals surface area (Å²) in [6.07, 6.45) is 3.29. The summed E-state index contributed by atoms with van der Waals surface area (Å²) in [6.45, 7) is 10.8. The molecule has 0 bridgehead atoms. The Morgan fingerprint density at radius 2 is 2.05 bits per heavy atom. The van der Waals surface area contributed by atoms with Crippen LogP contribution in [-0.4, -0.2) is 34.3 Å². The second-order valence-corrected chi connectivity index (χ2v) is 6.18. The lowest BCUT2D eigenvalue weighted by atomic mass is 9.90. The van der Waals surface area contributed by atoms with Gasteiger partial charge in [0.25, 0.3) is 0 Å². The lowest BCUT2D eigenvalue weighted by Gasteiger charge is -2.23. The van der Waals surface area contributed by atoms with E-state index in [0.717, 1.165) is 39.0 Å². The number of hydrogen-bond donors (Lipinski definition) is 1. The summed E-state index contributed by atoms with van der Waals surface area (Å²) in [5, 5.41) is 4.66. The smallest absolute Gasteiger partial charge is 0.0669 e. The largest absolute Gasteiger partial charge is 0.330 e. The summed E-state index contributed by atoms with van der Waals surface area (Å²) < 4.78 is 2.06. The van der Waals surface area contributed by atoms with E-state index in [4.69, 9.17) is 5.73 Å². The summed E-state index contributed by atoms with van der Waals surface area (Å²) in [5.41, 5.74) is 10.3. The van der Waals surface area contributed by atoms with Crippen molar-refractivity contribution in [3.63, 3.8) is 0 Å². The minimum absolute atomic E-state index is 0.307.